The molecule has 126 valence electrons. The molecule has 1 aromatic rings. The third-order valence-corrected chi connectivity index (χ3v) is 4.84. The molecule has 3 nitrogen and oxygen atoms in total. The van der Waals surface area contributed by atoms with E-state index >= 15 is 0 Å². The largest absolute Gasteiger partial charge is 0.378 e. The Kier molecular flexibility index (Phi) is 6.94. The predicted octanol–water partition coefficient (Wildman–Crippen LogP) is 5.02. The fourth-order valence-electron chi connectivity index (χ4n) is 3.26. The summed E-state index contributed by atoms with van der Waals surface area (Å²) in [6.07, 6.45) is 12.3. The van der Waals surface area contributed by atoms with Crippen molar-refractivity contribution >= 4 is 0 Å². The molecular weight excluding hydrogens is 272 g/mol. The second kappa shape index (κ2) is 8.71. The number of aromatic nitrogens is 2. The summed E-state index contributed by atoms with van der Waals surface area (Å²) < 4.78 is 8.19. The van der Waals surface area contributed by atoms with E-state index in [-0.39, 0.29) is 0 Å². The van der Waals surface area contributed by atoms with Gasteiger partial charge in [0, 0.05) is 19.3 Å². The van der Waals surface area contributed by atoms with Gasteiger partial charge in [-0.05, 0) is 61.8 Å². The Morgan fingerprint density at radius 3 is 2.50 bits per heavy atom. The standard InChI is InChI=1S/C19H34N2O/c1-15(2)6-5-11-22-19-9-7-17(8-10-19)13-21-14-18(12-20-21)16(3)4/h12,14-17,19H,5-11,13H2,1-4H3. The van der Waals surface area contributed by atoms with Crippen molar-refractivity contribution in [3.05, 3.63) is 18.0 Å². The Hall–Kier alpha value is -0.830. The van der Waals surface area contributed by atoms with Crippen molar-refractivity contribution in [3.63, 3.8) is 0 Å². The Bertz CT molecular complexity index is 417. The van der Waals surface area contributed by atoms with Gasteiger partial charge < -0.3 is 4.74 Å². The Labute approximate surface area is 136 Å². The van der Waals surface area contributed by atoms with Crippen molar-refractivity contribution in [1.82, 2.24) is 9.78 Å². The fraction of sp³-hybridized carbons (Fsp3) is 0.842. The second-order valence-electron chi connectivity index (χ2n) is 7.70. The van der Waals surface area contributed by atoms with E-state index in [0.717, 1.165) is 25.0 Å². The first-order chi connectivity index (χ1) is 10.5. The van der Waals surface area contributed by atoms with E-state index in [4.69, 9.17) is 4.74 Å². The highest BCUT2D eigenvalue weighted by molar-refractivity contribution is 5.08. The molecule has 1 heterocycles. The molecule has 0 aliphatic heterocycles. The van der Waals surface area contributed by atoms with Gasteiger partial charge in [-0.3, -0.25) is 4.68 Å². The van der Waals surface area contributed by atoms with Crippen LogP contribution < -0.4 is 0 Å². The maximum Gasteiger partial charge on any atom is 0.0575 e. The number of ether oxygens (including phenoxy) is 1. The Morgan fingerprint density at radius 2 is 1.91 bits per heavy atom. The van der Waals surface area contributed by atoms with E-state index in [1.165, 1.54) is 44.1 Å². The number of rotatable bonds is 8. The van der Waals surface area contributed by atoms with Crippen LogP contribution in [0, 0.1) is 11.8 Å². The maximum absolute atomic E-state index is 6.05. The Morgan fingerprint density at radius 1 is 1.18 bits per heavy atom. The first-order valence-electron chi connectivity index (χ1n) is 9.18. The van der Waals surface area contributed by atoms with Gasteiger partial charge in [-0.15, -0.1) is 0 Å². The molecule has 0 aromatic carbocycles. The molecule has 1 fully saturated rings. The molecule has 0 unspecified atom stereocenters. The van der Waals surface area contributed by atoms with Gasteiger partial charge >= 0.3 is 0 Å². The molecule has 0 atom stereocenters. The number of hydrogen-bond donors (Lipinski definition) is 0. The third kappa shape index (κ3) is 5.75. The molecule has 1 aromatic heterocycles. The van der Waals surface area contributed by atoms with E-state index in [0.29, 0.717) is 12.0 Å². The first kappa shape index (κ1) is 17.5. The molecule has 2 rings (SSSR count). The molecule has 3 heteroatoms. The molecule has 1 aliphatic rings. The lowest BCUT2D eigenvalue weighted by Gasteiger charge is -2.28. The van der Waals surface area contributed by atoms with E-state index in [2.05, 4.69) is 43.7 Å². The van der Waals surface area contributed by atoms with E-state index in [1.807, 2.05) is 6.20 Å². The predicted molar refractivity (Wildman–Crippen MR) is 92.1 cm³/mol. The van der Waals surface area contributed by atoms with Crippen LogP contribution in [0.5, 0.6) is 0 Å². The number of hydrogen-bond acceptors (Lipinski definition) is 2. The second-order valence-corrected chi connectivity index (χ2v) is 7.70. The molecule has 1 saturated carbocycles. The molecule has 0 radical (unpaired) electrons. The molecule has 1 aliphatic carbocycles. The van der Waals surface area contributed by atoms with Gasteiger partial charge in [0.25, 0.3) is 0 Å². The normalized spacial score (nSPS) is 22.6. The van der Waals surface area contributed by atoms with Crippen LogP contribution in [0.15, 0.2) is 12.4 Å². The average Bonchev–Trinajstić information content (AvgIpc) is 2.94. The minimum Gasteiger partial charge on any atom is -0.378 e. The summed E-state index contributed by atoms with van der Waals surface area (Å²) in [4.78, 5) is 0. The molecule has 0 spiro atoms. The van der Waals surface area contributed by atoms with Crippen molar-refractivity contribution in [1.29, 1.82) is 0 Å². The van der Waals surface area contributed by atoms with Crippen molar-refractivity contribution in [2.45, 2.75) is 84.8 Å². The zero-order chi connectivity index (χ0) is 15.9. The minimum atomic E-state index is 0.507. The van der Waals surface area contributed by atoms with Gasteiger partial charge in [0.05, 0.1) is 12.3 Å². The van der Waals surface area contributed by atoms with Gasteiger partial charge in [0.15, 0.2) is 0 Å². The quantitative estimate of drug-likeness (QED) is 0.631. The summed E-state index contributed by atoms with van der Waals surface area (Å²) in [5, 5.41) is 4.51. The third-order valence-electron chi connectivity index (χ3n) is 4.84. The minimum absolute atomic E-state index is 0.507. The summed E-state index contributed by atoms with van der Waals surface area (Å²) in [7, 11) is 0. The van der Waals surface area contributed by atoms with Crippen LogP contribution in [-0.4, -0.2) is 22.5 Å². The summed E-state index contributed by atoms with van der Waals surface area (Å²) in [5.41, 5.74) is 1.35. The van der Waals surface area contributed by atoms with Crippen molar-refractivity contribution < 1.29 is 4.74 Å². The van der Waals surface area contributed by atoms with Crippen LogP contribution >= 0.6 is 0 Å². The molecular formula is C19H34N2O. The highest BCUT2D eigenvalue weighted by Crippen LogP contribution is 2.28. The lowest BCUT2D eigenvalue weighted by molar-refractivity contribution is 0.0133. The first-order valence-corrected chi connectivity index (χ1v) is 9.18. The Balaban J connectivity index is 1.64. The van der Waals surface area contributed by atoms with Crippen molar-refractivity contribution in [3.8, 4) is 0 Å². The lowest BCUT2D eigenvalue weighted by atomic mass is 9.87. The molecule has 0 N–H and O–H groups in total. The zero-order valence-electron chi connectivity index (χ0n) is 14.9. The van der Waals surface area contributed by atoms with Crippen molar-refractivity contribution in [2.24, 2.45) is 11.8 Å². The zero-order valence-corrected chi connectivity index (χ0v) is 14.9. The summed E-state index contributed by atoms with van der Waals surface area (Å²) in [5.74, 6) is 2.14. The molecule has 22 heavy (non-hydrogen) atoms. The monoisotopic (exact) mass is 306 g/mol. The fourth-order valence-corrected chi connectivity index (χ4v) is 3.26. The molecule has 0 bridgehead atoms. The number of nitrogens with zero attached hydrogens (tertiary/aromatic N) is 2. The highest BCUT2D eigenvalue weighted by atomic mass is 16.5. The summed E-state index contributed by atoms with van der Waals surface area (Å²) in [6, 6.07) is 0. The average molecular weight is 306 g/mol. The van der Waals surface area contributed by atoms with Gasteiger partial charge in [-0.2, -0.15) is 5.10 Å². The van der Waals surface area contributed by atoms with E-state index in [1.54, 1.807) is 0 Å². The topological polar surface area (TPSA) is 27.1 Å². The maximum atomic E-state index is 6.05. The van der Waals surface area contributed by atoms with Crippen LogP contribution in [0.3, 0.4) is 0 Å². The van der Waals surface area contributed by atoms with E-state index in [9.17, 15) is 0 Å². The van der Waals surface area contributed by atoms with Gasteiger partial charge in [0.2, 0.25) is 0 Å². The van der Waals surface area contributed by atoms with Crippen LogP contribution in [0.2, 0.25) is 0 Å². The van der Waals surface area contributed by atoms with Gasteiger partial charge in [-0.25, -0.2) is 0 Å². The van der Waals surface area contributed by atoms with Crippen LogP contribution in [0.4, 0.5) is 0 Å². The molecule has 0 amide bonds. The smallest absolute Gasteiger partial charge is 0.0575 e. The van der Waals surface area contributed by atoms with E-state index < -0.39 is 0 Å². The summed E-state index contributed by atoms with van der Waals surface area (Å²) >= 11 is 0. The molecule has 0 saturated heterocycles. The SMILES string of the molecule is CC(C)CCCOC1CCC(Cn2cc(C(C)C)cn2)CC1. The van der Waals surface area contributed by atoms with Crippen LogP contribution in [0.25, 0.3) is 0 Å². The lowest BCUT2D eigenvalue weighted by Crippen LogP contribution is -2.24. The van der Waals surface area contributed by atoms with Gasteiger partial charge in [-0.1, -0.05) is 27.7 Å². The highest BCUT2D eigenvalue weighted by Gasteiger charge is 2.22. The van der Waals surface area contributed by atoms with Crippen molar-refractivity contribution in [2.75, 3.05) is 6.61 Å². The van der Waals surface area contributed by atoms with Gasteiger partial charge in [0.1, 0.15) is 0 Å². The van der Waals surface area contributed by atoms with Crippen LogP contribution in [0.1, 0.15) is 77.7 Å². The summed E-state index contributed by atoms with van der Waals surface area (Å²) in [6.45, 7) is 11.0. The van der Waals surface area contributed by atoms with Crippen LogP contribution in [-0.2, 0) is 11.3 Å².